The molecule has 16 nitrogen and oxygen atoms in total. The number of anilines is 1. The van der Waals surface area contributed by atoms with E-state index < -0.39 is 34.2 Å². The van der Waals surface area contributed by atoms with Crippen molar-refractivity contribution >= 4 is 50.9 Å². The number of carbonyl (C=O) groups is 4. The highest BCUT2D eigenvalue weighted by atomic mass is 32.2. The van der Waals surface area contributed by atoms with Crippen molar-refractivity contribution in [1.29, 1.82) is 0 Å². The molecular formula is C45H56N4O12S. The summed E-state index contributed by atoms with van der Waals surface area (Å²) in [5.41, 5.74) is 2.97. The molecule has 4 rings (SSSR count). The van der Waals surface area contributed by atoms with Gasteiger partial charge in [0.2, 0.25) is 5.36 Å². The molecule has 62 heavy (non-hydrogen) atoms. The summed E-state index contributed by atoms with van der Waals surface area (Å²) in [6.45, 7) is 16.3. The predicted molar refractivity (Wildman–Crippen MR) is 234 cm³/mol. The van der Waals surface area contributed by atoms with Gasteiger partial charge in [0.1, 0.15) is 47.8 Å². The van der Waals surface area contributed by atoms with Crippen LogP contribution in [0.1, 0.15) is 53.4 Å². The van der Waals surface area contributed by atoms with Gasteiger partial charge in [0.15, 0.2) is 13.2 Å². The highest BCUT2D eigenvalue weighted by Crippen LogP contribution is 2.43. The van der Waals surface area contributed by atoms with Gasteiger partial charge >= 0.3 is 24.1 Å². The smallest absolute Gasteiger partial charge is 0.407 e. The Morgan fingerprint density at radius 1 is 0.742 bits per heavy atom. The zero-order chi connectivity index (χ0) is 45.2. The van der Waals surface area contributed by atoms with Crippen LogP contribution < -0.4 is 25.5 Å². The van der Waals surface area contributed by atoms with Gasteiger partial charge in [-0.05, 0) is 44.5 Å². The average molecular weight is 877 g/mol. The van der Waals surface area contributed by atoms with Crippen molar-refractivity contribution < 1.29 is 55.5 Å². The fourth-order valence-electron chi connectivity index (χ4n) is 6.32. The second kappa shape index (κ2) is 23.7. The van der Waals surface area contributed by atoms with Crippen molar-refractivity contribution in [2.75, 3.05) is 70.6 Å². The largest absolute Gasteiger partial charge is 0.744 e. The monoisotopic (exact) mass is 876 g/mol. The standard InChI is InChI=1S/C45H56N4O12S/c1-7-9-21-48(23-27-59-44(52)46-19-25-57-42(50)31(3)4)33-15-17-35-38(29-33)61-39-30-34(16-18-36(39)41(35)37-13-11-12-14-40(37)62(54,55)56)49(22-10-8-2)24-28-60-45(53)47-20-26-58-43(51)32(5)6/h11-18,29-30H,3,5,7-10,19-28H2,1-2,4,6H3,(H2-,46,47,52,53,54,55,56). The van der Waals surface area contributed by atoms with Gasteiger partial charge in [0, 0.05) is 64.0 Å². The van der Waals surface area contributed by atoms with Crippen LogP contribution in [0.4, 0.5) is 15.3 Å². The van der Waals surface area contributed by atoms with Gasteiger partial charge in [0.25, 0.3) is 0 Å². The van der Waals surface area contributed by atoms with Gasteiger partial charge in [0.05, 0.1) is 30.6 Å². The minimum absolute atomic E-state index is 0.0314. The number of benzene rings is 3. The van der Waals surface area contributed by atoms with Crippen molar-refractivity contribution in [3.63, 3.8) is 0 Å². The van der Waals surface area contributed by atoms with Crippen LogP contribution >= 0.6 is 0 Å². The molecule has 1 aliphatic heterocycles. The highest BCUT2D eigenvalue weighted by molar-refractivity contribution is 7.85. The second-order valence-corrected chi connectivity index (χ2v) is 15.8. The van der Waals surface area contributed by atoms with Crippen LogP contribution in [-0.2, 0) is 38.7 Å². The van der Waals surface area contributed by atoms with Gasteiger partial charge in [-0.1, -0.05) is 58.0 Å². The molecule has 0 saturated carbocycles. The third-order valence-electron chi connectivity index (χ3n) is 9.50. The first kappa shape index (κ1) is 48.5. The maximum Gasteiger partial charge on any atom is 0.407 e. The van der Waals surface area contributed by atoms with Crippen molar-refractivity contribution in [1.82, 2.24) is 15.2 Å². The molecule has 0 unspecified atom stereocenters. The fourth-order valence-corrected chi connectivity index (χ4v) is 7.00. The molecule has 0 atom stereocenters. The number of nitrogens with zero attached hydrogens (tertiary/aromatic N) is 2. The molecule has 2 aliphatic rings. The highest BCUT2D eigenvalue weighted by Gasteiger charge is 2.23. The van der Waals surface area contributed by atoms with Crippen LogP contribution in [-0.4, -0.2) is 103 Å². The number of carbonyl (C=O) groups excluding carboxylic acids is 4. The first-order chi connectivity index (χ1) is 29.6. The molecule has 334 valence electrons. The van der Waals surface area contributed by atoms with Gasteiger partial charge in [-0.25, -0.2) is 32.2 Å². The first-order valence-corrected chi connectivity index (χ1v) is 21.9. The molecule has 2 N–H and O–H groups in total. The SMILES string of the molecule is C=C(C)C(=O)OCCNC(=O)OCCN(CCCC)c1ccc2c(-c3ccccc3S(=O)(=O)[O-])c3ccc(=[N+](CCCC)CCOC(=O)NCCOC(=O)C(=C)C)cc-3oc2c1. The van der Waals surface area contributed by atoms with Crippen molar-refractivity contribution in [3.05, 3.63) is 90.3 Å². The Balaban J connectivity index is 1.69. The normalized spacial score (nSPS) is 11.7. The number of hydrogen-bond acceptors (Lipinski definition) is 13. The van der Waals surface area contributed by atoms with Crippen molar-refractivity contribution in [3.8, 4) is 22.5 Å². The molecule has 0 saturated heterocycles. The Labute approximate surface area is 362 Å². The molecule has 0 spiro atoms. The average Bonchev–Trinajstić information content (AvgIpc) is 3.24. The number of ether oxygens (including phenoxy) is 4. The molecule has 2 amide bonds. The molecule has 0 aromatic heterocycles. The summed E-state index contributed by atoms with van der Waals surface area (Å²) < 4.78 is 67.4. The van der Waals surface area contributed by atoms with E-state index in [0.29, 0.717) is 54.0 Å². The van der Waals surface area contributed by atoms with E-state index in [1.54, 1.807) is 12.1 Å². The van der Waals surface area contributed by atoms with E-state index in [-0.39, 0.29) is 61.1 Å². The lowest BCUT2D eigenvalue weighted by Crippen LogP contribution is -2.36. The Kier molecular flexibility index (Phi) is 18.5. The van der Waals surface area contributed by atoms with Crippen LogP contribution in [0.2, 0.25) is 0 Å². The minimum atomic E-state index is -4.89. The summed E-state index contributed by atoms with van der Waals surface area (Å²) in [5.74, 6) is -0.684. The van der Waals surface area contributed by atoms with Gasteiger partial charge in [-0.3, -0.25) is 0 Å². The Morgan fingerprint density at radius 3 is 1.98 bits per heavy atom. The lowest BCUT2D eigenvalue weighted by molar-refractivity contribution is -0.139. The third-order valence-corrected chi connectivity index (χ3v) is 10.4. The summed E-state index contributed by atoms with van der Waals surface area (Å²) >= 11 is 0. The number of esters is 2. The first-order valence-electron chi connectivity index (χ1n) is 20.5. The van der Waals surface area contributed by atoms with Crippen LogP contribution in [0.25, 0.3) is 33.4 Å². The zero-order valence-electron chi connectivity index (χ0n) is 35.8. The van der Waals surface area contributed by atoms with Crippen LogP contribution in [0, 0.1) is 0 Å². The van der Waals surface area contributed by atoms with E-state index in [0.717, 1.165) is 36.7 Å². The van der Waals surface area contributed by atoms with Crippen LogP contribution in [0.5, 0.6) is 0 Å². The number of unbranched alkanes of at least 4 members (excludes halogenated alkanes) is 2. The molecule has 0 radical (unpaired) electrons. The number of amides is 2. The molecule has 0 fully saturated rings. The Hall–Kier alpha value is -6.20. The molecule has 1 aliphatic carbocycles. The van der Waals surface area contributed by atoms with Crippen LogP contribution in [0.3, 0.4) is 0 Å². The maximum absolute atomic E-state index is 12.6. The Bertz CT molecular complexity index is 2390. The molecule has 17 heteroatoms. The number of nitrogens with one attached hydrogen (secondary N) is 2. The molecule has 1 heterocycles. The lowest BCUT2D eigenvalue weighted by Gasteiger charge is -2.25. The topological polar surface area (TPSA) is 206 Å². The van der Waals surface area contributed by atoms with E-state index in [1.807, 2.05) is 45.9 Å². The number of hydrogen-bond donors (Lipinski definition) is 2. The second-order valence-electron chi connectivity index (χ2n) is 14.4. The summed E-state index contributed by atoms with van der Waals surface area (Å²) in [6, 6.07) is 17.1. The van der Waals surface area contributed by atoms with Gasteiger partial charge in [-0.2, -0.15) is 0 Å². The maximum atomic E-state index is 12.6. The molecule has 2 aromatic rings. The minimum Gasteiger partial charge on any atom is -0.744 e. The number of fused-ring (bicyclic) bond motifs is 2. The predicted octanol–water partition coefficient (Wildman–Crippen LogP) is 5.98. The summed E-state index contributed by atoms with van der Waals surface area (Å²) in [6.07, 6.45) is 2.13. The van der Waals surface area contributed by atoms with E-state index in [9.17, 15) is 32.1 Å². The number of alkyl carbamates (subject to hydrolysis) is 2. The third kappa shape index (κ3) is 14.2. The molecule has 0 bridgehead atoms. The Morgan fingerprint density at radius 2 is 1.37 bits per heavy atom. The zero-order valence-corrected chi connectivity index (χ0v) is 36.6. The van der Waals surface area contributed by atoms with Crippen LogP contribution in [0.15, 0.2) is 94.3 Å². The summed E-state index contributed by atoms with van der Waals surface area (Å²) in [5, 5.41) is 6.44. The quantitative estimate of drug-likeness (QED) is 0.0168. The van der Waals surface area contributed by atoms with Gasteiger partial charge < -0.3 is 43.5 Å². The van der Waals surface area contributed by atoms with Crippen molar-refractivity contribution in [2.24, 2.45) is 0 Å². The van der Waals surface area contributed by atoms with E-state index in [4.69, 9.17) is 23.4 Å². The molecule has 2 aromatic carbocycles. The summed E-state index contributed by atoms with van der Waals surface area (Å²) in [7, 11) is -4.89. The van der Waals surface area contributed by atoms with Crippen molar-refractivity contribution in [2.45, 2.75) is 58.3 Å². The van der Waals surface area contributed by atoms with E-state index in [2.05, 4.69) is 37.6 Å². The lowest BCUT2D eigenvalue weighted by atomic mass is 9.93. The summed E-state index contributed by atoms with van der Waals surface area (Å²) in [4.78, 5) is 49.7. The van der Waals surface area contributed by atoms with E-state index >= 15 is 0 Å². The fraction of sp³-hybridized carbons (Fsp3) is 0.400. The van der Waals surface area contributed by atoms with E-state index in [1.165, 1.54) is 26.0 Å². The molecular weight excluding hydrogens is 821 g/mol. The van der Waals surface area contributed by atoms with Gasteiger partial charge in [-0.15, -0.1) is 0 Å². The number of rotatable bonds is 23.